The van der Waals surface area contributed by atoms with E-state index in [2.05, 4.69) is 16.4 Å². The lowest BCUT2D eigenvalue weighted by atomic mass is 9.96. The molecule has 0 spiro atoms. The Labute approximate surface area is 228 Å². The van der Waals surface area contributed by atoms with Crippen LogP contribution in [0.25, 0.3) is 11.1 Å². The first kappa shape index (κ1) is 28.6. The van der Waals surface area contributed by atoms with Crippen molar-refractivity contribution >= 4 is 34.9 Å². The monoisotopic (exact) mass is 548 g/mol. The number of rotatable bonds is 10. The Morgan fingerprint density at radius 1 is 1.10 bits per heavy atom. The van der Waals surface area contributed by atoms with Gasteiger partial charge in [-0.25, -0.2) is 4.98 Å². The van der Waals surface area contributed by atoms with Crippen LogP contribution in [0.5, 0.6) is 17.2 Å². The summed E-state index contributed by atoms with van der Waals surface area (Å²) in [5.74, 6) is 0.717. The van der Waals surface area contributed by atoms with E-state index in [1.165, 1.54) is 33.5 Å². The van der Waals surface area contributed by atoms with E-state index in [0.29, 0.717) is 34.1 Å². The Bertz CT molecular complexity index is 1500. The first-order valence-corrected chi connectivity index (χ1v) is 12.3. The Kier molecular flexibility index (Phi) is 9.15. The number of thioether (sulfide) groups is 1. The van der Waals surface area contributed by atoms with Crippen LogP contribution in [0, 0.1) is 39.7 Å². The van der Waals surface area contributed by atoms with Gasteiger partial charge in [-0.2, -0.15) is 10.5 Å². The van der Waals surface area contributed by atoms with Gasteiger partial charge in [0.05, 0.1) is 37.5 Å². The maximum atomic E-state index is 12.6. The van der Waals surface area contributed by atoms with Crippen LogP contribution in [0.1, 0.15) is 23.1 Å². The molecule has 0 radical (unpaired) electrons. The summed E-state index contributed by atoms with van der Waals surface area (Å²) in [7, 11) is 4.34. The minimum Gasteiger partial charge on any atom is -0.493 e. The average Bonchev–Trinajstić information content (AvgIpc) is 2.92. The van der Waals surface area contributed by atoms with Crippen LogP contribution in [-0.2, 0) is 4.79 Å². The lowest BCUT2D eigenvalue weighted by Crippen LogP contribution is -2.13. The van der Waals surface area contributed by atoms with E-state index in [9.17, 15) is 25.4 Å². The molecule has 0 bridgehead atoms. The number of nitro groups is 1. The maximum Gasteiger partial charge on any atom is 0.271 e. The molecule has 1 amide bonds. The van der Waals surface area contributed by atoms with Gasteiger partial charge in [-0.1, -0.05) is 6.07 Å². The number of non-ortho nitro benzene ring substituents is 1. The molecule has 3 rings (SSSR count). The van der Waals surface area contributed by atoms with Crippen LogP contribution >= 0.6 is 11.8 Å². The first-order valence-electron chi connectivity index (χ1n) is 11.3. The zero-order valence-electron chi connectivity index (χ0n) is 21.5. The van der Waals surface area contributed by atoms with Crippen molar-refractivity contribution in [1.29, 1.82) is 10.5 Å². The predicted molar refractivity (Wildman–Crippen MR) is 145 cm³/mol. The average molecular weight is 549 g/mol. The molecule has 3 N–H and O–H groups in total. The van der Waals surface area contributed by atoms with Crippen molar-refractivity contribution in [2.75, 3.05) is 38.1 Å². The van der Waals surface area contributed by atoms with Crippen molar-refractivity contribution in [3.05, 3.63) is 57.1 Å². The topological polar surface area (TPSA) is 186 Å². The molecule has 1 heterocycles. The summed E-state index contributed by atoms with van der Waals surface area (Å²) in [6.45, 7) is 1.72. The molecule has 1 aromatic heterocycles. The van der Waals surface area contributed by atoms with E-state index in [0.717, 1.165) is 11.8 Å². The van der Waals surface area contributed by atoms with Crippen LogP contribution in [0.3, 0.4) is 0 Å². The number of nitriles is 2. The van der Waals surface area contributed by atoms with Gasteiger partial charge in [-0.3, -0.25) is 14.9 Å². The number of pyridine rings is 1. The number of ether oxygens (including phenoxy) is 3. The Morgan fingerprint density at radius 2 is 1.74 bits per heavy atom. The van der Waals surface area contributed by atoms with Gasteiger partial charge >= 0.3 is 0 Å². The molecule has 0 aliphatic carbocycles. The number of hydrogen-bond donors (Lipinski definition) is 2. The second-order valence-corrected chi connectivity index (χ2v) is 9.05. The summed E-state index contributed by atoms with van der Waals surface area (Å²) in [4.78, 5) is 27.3. The molecule has 0 atom stereocenters. The molecule has 0 aliphatic heterocycles. The van der Waals surface area contributed by atoms with E-state index < -0.39 is 4.92 Å². The number of nitrogens with one attached hydrogen (secondary N) is 1. The fourth-order valence-electron chi connectivity index (χ4n) is 3.73. The van der Waals surface area contributed by atoms with E-state index in [1.54, 1.807) is 25.1 Å². The first-order chi connectivity index (χ1) is 18.7. The highest BCUT2D eigenvalue weighted by atomic mass is 32.2. The Hall–Kier alpha value is -5.01. The summed E-state index contributed by atoms with van der Waals surface area (Å²) >= 11 is 1.11. The SMILES string of the molecule is COc1cc(-c2c(C#N)c(N)nc(SCCC(=O)Nc3cc([N+](=O)[O-])ccc3C)c2C#N)cc(OC)c1OC. The number of nitrogens with two attached hydrogens (primary N) is 1. The minimum absolute atomic E-state index is 0.00376. The van der Waals surface area contributed by atoms with Gasteiger partial charge < -0.3 is 25.3 Å². The van der Waals surface area contributed by atoms with Crippen molar-refractivity contribution in [1.82, 2.24) is 4.98 Å². The van der Waals surface area contributed by atoms with Crippen molar-refractivity contribution < 1.29 is 23.9 Å². The van der Waals surface area contributed by atoms with Gasteiger partial charge in [-0.05, 0) is 30.2 Å². The number of anilines is 2. The number of carbonyl (C=O) groups is 1. The highest BCUT2D eigenvalue weighted by Gasteiger charge is 2.24. The number of benzene rings is 2. The molecule has 0 saturated heterocycles. The standard InChI is InChI=1S/C26H24N6O6S/c1-14-5-6-16(32(34)35)11-19(14)30-22(33)7-8-39-26-18(13-28)23(17(12-27)25(29)31-26)15-9-20(36-2)24(38-4)21(10-15)37-3/h5-6,9-11H,7-8H2,1-4H3,(H2,29,31)(H,30,33). The van der Waals surface area contributed by atoms with E-state index in [4.69, 9.17) is 19.9 Å². The zero-order chi connectivity index (χ0) is 28.7. The number of amides is 1. The van der Waals surface area contributed by atoms with Crippen LogP contribution in [0.15, 0.2) is 35.4 Å². The number of hydrogen-bond acceptors (Lipinski definition) is 11. The quantitative estimate of drug-likeness (QED) is 0.207. The van der Waals surface area contributed by atoms with Gasteiger partial charge in [0.15, 0.2) is 11.5 Å². The number of nitrogen functional groups attached to an aromatic ring is 1. The van der Waals surface area contributed by atoms with E-state index >= 15 is 0 Å². The molecule has 39 heavy (non-hydrogen) atoms. The summed E-state index contributed by atoms with van der Waals surface area (Å²) < 4.78 is 16.2. The fraction of sp³-hybridized carbons (Fsp3) is 0.231. The van der Waals surface area contributed by atoms with Crippen molar-refractivity contribution in [2.24, 2.45) is 0 Å². The molecule has 3 aromatic rings. The van der Waals surface area contributed by atoms with Gasteiger partial charge in [0.1, 0.15) is 28.5 Å². The van der Waals surface area contributed by atoms with Crippen molar-refractivity contribution in [2.45, 2.75) is 18.4 Å². The minimum atomic E-state index is -0.541. The zero-order valence-corrected chi connectivity index (χ0v) is 22.3. The van der Waals surface area contributed by atoms with Gasteiger partial charge in [0, 0.05) is 29.9 Å². The summed E-state index contributed by atoms with van der Waals surface area (Å²) in [6.07, 6.45) is 0.0127. The number of aromatic nitrogens is 1. The lowest BCUT2D eigenvalue weighted by molar-refractivity contribution is -0.384. The number of nitrogens with zero attached hydrogens (tertiary/aromatic N) is 4. The van der Waals surface area contributed by atoms with Crippen molar-refractivity contribution in [3.63, 3.8) is 0 Å². The molecule has 12 nitrogen and oxygen atoms in total. The lowest BCUT2D eigenvalue weighted by Gasteiger charge is -2.17. The van der Waals surface area contributed by atoms with Crippen LogP contribution in [0.4, 0.5) is 17.2 Å². The number of nitro benzene ring substituents is 1. The molecule has 13 heteroatoms. The van der Waals surface area contributed by atoms with Crippen LogP contribution in [-0.4, -0.2) is 42.9 Å². The normalized spacial score (nSPS) is 10.2. The molecule has 2 aromatic carbocycles. The molecular formula is C26H24N6O6S. The summed E-state index contributed by atoms with van der Waals surface area (Å²) in [5.41, 5.74) is 7.73. The third-order valence-corrected chi connectivity index (χ3v) is 6.62. The van der Waals surface area contributed by atoms with Gasteiger partial charge in [0.25, 0.3) is 5.69 Å². The predicted octanol–water partition coefficient (Wildman–Crippen LogP) is 4.44. The number of methoxy groups -OCH3 is 3. The molecule has 200 valence electrons. The van der Waals surface area contributed by atoms with E-state index in [1.807, 2.05) is 6.07 Å². The molecule has 0 fully saturated rings. The number of aryl methyl sites for hydroxylation is 1. The Morgan fingerprint density at radius 3 is 2.28 bits per heavy atom. The highest BCUT2D eigenvalue weighted by molar-refractivity contribution is 7.99. The third kappa shape index (κ3) is 6.11. The molecular weight excluding hydrogens is 524 g/mol. The van der Waals surface area contributed by atoms with E-state index in [-0.39, 0.29) is 51.3 Å². The highest BCUT2D eigenvalue weighted by Crippen LogP contribution is 2.44. The summed E-state index contributed by atoms with van der Waals surface area (Å²) in [5, 5.41) is 33.8. The second-order valence-electron chi connectivity index (χ2n) is 7.97. The summed E-state index contributed by atoms with van der Waals surface area (Å²) in [6, 6.07) is 11.5. The van der Waals surface area contributed by atoms with Gasteiger partial charge in [-0.15, -0.1) is 11.8 Å². The Balaban J connectivity index is 1.92. The largest absolute Gasteiger partial charge is 0.493 e. The van der Waals surface area contributed by atoms with Crippen molar-refractivity contribution in [3.8, 4) is 40.5 Å². The fourth-order valence-corrected chi connectivity index (χ4v) is 4.66. The molecule has 0 unspecified atom stereocenters. The second kappa shape index (κ2) is 12.5. The maximum absolute atomic E-state index is 12.6. The molecule has 0 aliphatic rings. The number of carbonyl (C=O) groups excluding carboxylic acids is 1. The smallest absolute Gasteiger partial charge is 0.271 e. The third-order valence-electron chi connectivity index (χ3n) is 5.64. The van der Waals surface area contributed by atoms with Crippen LogP contribution < -0.4 is 25.3 Å². The van der Waals surface area contributed by atoms with Crippen LogP contribution in [0.2, 0.25) is 0 Å². The molecule has 0 saturated carbocycles. The van der Waals surface area contributed by atoms with Gasteiger partial charge in [0.2, 0.25) is 11.7 Å².